The van der Waals surface area contributed by atoms with Crippen molar-refractivity contribution in [2.75, 3.05) is 6.66 Å². The first kappa shape index (κ1) is 18.5. The van der Waals surface area contributed by atoms with Crippen LogP contribution in [0, 0.1) is 10.8 Å². The minimum Gasteiger partial charge on any atom is -0.448 e. The average molecular weight is 322 g/mol. The highest BCUT2D eigenvalue weighted by atomic mass is 31.1. The lowest BCUT2D eigenvalue weighted by Crippen LogP contribution is -2.45. The minimum atomic E-state index is -0.952. The number of hydrogen-bond acceptors (Lipinski definition) is 4. The third-order valence-corrected chi connectivity index (χ3v) is 4.78. The molecule has 1 aromatic rings. The van der Waals surface area contributed by atoms with Gasteiger partial charge in [0.15, 0.2) is 11.6 Å². The van der Waals surface area contributed by atoms with Crippen LogP contribution in [-0.2, 0) is 9.32 Å². The van der Waals surface area contributed by atoms with Gasteiger partial charge in [-0.2, -0.15) is 0 Å². The summed E-state index contributed by atoms with van der Waals surface area (Å²) in [6, 6.07) is 6.52. The molecule has 4 nitrogen and oxygen atoms in total. The van der Waals surface area contributed by atoms with E-state index >= 15 is 0 Å². The fourth-order valence-corrected chi connectivity index (χ4v) is 2.42. The van der Waals surface area contributed by atoms with Crippen LogP contribution in [0.5, 0.6) is 0 Å². The molecule has 22 heavy (non-hydrogen) atoms. The van der Waals surface area contributed by atoms with E-state index in [0.717, 1.165) is 0 Å². The first-order valence-electron chi connectivity index (χ1n) is 7.09. The molecule has 1 unspecified atom stereocenters. The summed E-state index contributed by atoms with van der Waals surface area (Å²) >= 11 is 0. The fourth-order valence-electron chi connectivity index (χ4n) is 1.98. The quantitative estimate of drug-likeness (QED) is 0.589. The Morgan fingerprint density at radius 2 is 1.36 bits per heavy atom. The molecular weight excluding hydrogens is 299 g/mol. The van der Waals surface area contributed by atoms with Gasteiger partial charge in [-0.3, -0.25) is 14.4 Å². The Kier molecular flexibility index (Phi) is 5.64. The van der Waals surface area contributed by atoms with Crippen LogP contribution in [-0.4, -0.2) is 24.2 Å². The SMILES string of the molecule is CPOC(=O)C(C)(C)C(C)(C)C(=O)c1ccc(C(C)=O)cc1. The zero-order valence-electron chi connectivity index (χ0n) is 13.9. The van der Waals surface area contributed by atoms with Crippen molar-refractivity contribution in [3.63, 3.8) is 0 Å². The maximum atomic E-state index is 12.8. The number of carbonyl (C=O) groups excluding carboxylic acids is 3. The van der Waals surface area contributed by atoms with Gasteiger partial charge < -0.3 is 4.52 Å². The van der Waals surface area contributed by atoms with Crippen LogP contribution in [0.3, 0.4) is 0 Å². The van der Waals surface area contributed by atoms with Crippen LogP contribution in [0.4, 0.5) is 0 Å². The van der Waals surface area contributed by atoms with Crippen molar-refractivity contribution in [3.05, 3.63) is 35.4 Å². The maximum Gasteiger partial charge on any atom is 0.314 e. The third kappa shape index (κ3) is 3.44. The van der Waals surface area contributed by atoms with Crippen LogP contribution in [0.1, 0.15) is 55.3 Å². The zero-order chi connectivity index (χ0) is 17.1. The van der Waals surface area contributed by atoms with Gasteiger partial charge in [0, 0.05) is 16.5 Å². The summed E-state index contributed by atoms with van der Waals surface area (Å²) in [7, 11) is 0.0478. The number of benzene rings is 1. The molecule has 0 aromatic heterocycles. The van der Waals surface area contributed by atoms with Gasteiger partial charge in [-0.15, -0.1) is 0 Å². The predicted octanol–water partition coefficient (Wildman–Crippen LogP) is 3.89. The van der Waals surface area contributed by atoms with Crippen molar-refractivity contribution in [3.8, 4) is 0 Å². The Morgan fingerprint density at radius 3 is 1.77 bits per heavy atom. The molecule has 0 aliphatic carbocycles. The van der Waals surface area contributed by atoms with Crippen LogP contribution in [0.2, 0.25) is 0 Å². The lowest BCUT2D eigenvalue weighted by molar-refractivity contribution is -0.147. The lowest BCUT2D eigenvalue weighted by Gasteiger charge is -2.37. The second-order valence-electron chi connectivity index (χ2n) is 6.31. The van der Waals surface area contributed by atoms with Crippen molar-refractivity contribution >= 4 is 26.3 Å². The second-order valence-corrected chi connectivity index (χ2v) is 6.92. The monoisotopic (exact) mass is 322 g/mol. The Morgan fingerprint density at radius 1 is 0.909 bits per heavy atom. The standard InChI is InChI=1S/C17H23O4P/c1-11(18)12-7-9-13(10-8-12)14(19)16(2,3)17(4,5)15(20)21-22-6/h7-10,22H,1-6H3. The molecule has 0 amide bonds. The van der Waals surface area contributed by atoms with E-state index in [0.29, 0.717) is 11.1 Å². The zero-order valence-corrected chi connectivity index (χ0v) is 14.9. The molecule has 0 N–H and O–H groups in total. The molecule has 0 saturated heterocycles. The summed E-state index contributed by atoms with van der Waals surface area (Å²) in [5.74, 6) is -0.581. The van der Waals surface area contributed by atoms with E-state index in [-0.39, 0.29) is 26.3 Å². The van der Waals surface area contributed by atoms with Crippen molar-refractivity contribution in [1.82, 2.24) is 0 Å². The van der Waals surface area contributed by atoms with Gasteiger partial charge >= 0.3 is 5.97 Å². The maximum absolute atomic E-state index is 12.8. The molecule has 0 heterocycles. The summed E-state index contributed by atoms with van der Waals surface area (Å²) in [5, 5.41) is 0. The van der Waals surface area contributed by atoms with Gasteiger partial charge in [-0.1, -0.05) is 38.1 Å². The molecule has 5 heteroatoms. The highest BCUT2D eigenvalue weighted by molar-refractivity contribution is 7.31. The van der Waals surface area contributed by atoms with Crippen molar-refractivity contribution in [2.24, 2.45) is 10.8 Å². The van der Waals surface area contributed by atoms with Crippen LogP contribution in [0.15, 0.2) is 24.3 Å². The van der Waals surface area contributed by atoms with Gasteiger partial charge in [0.25, 0.3) is 0 Å². The highest BCUT2D eigenvalue weighted by Gasteiger charge is 2.49. The summed E-state index contributed by atoms with van der Waals surface area (Å²) in [6.07, 6.45) is 0. The van der Waals surface area contributed by atoms with Gasteiger partial charge in [-0.25, -0.2) is 0 Å². The Labute approximate surface area is 133 Å². The molecule has 0 aliphatic rings. The molecule has 1 aromatic carbocycles. The van der Waals surface area contributed by atoms with E-state index < -0.39 is 10.8 Å². The summed E-state index contributed by atoms with van der Waals surface area (Å²) in [6.45, 7) is 10.2. The van der Waals surface area contributed by atoms with Crippen LogP contribution >= 0.6 is 8.81 Å². The molecule has 0 saturated carbocycles. The molecule has 1 atom stereocenters. The molecule has 0 bridgehead atoms. The van der Waals surface area contributed by atoms with Crippen LogP contribution in [0.25, 0.3) is 0 Å². The average Bonchev–Trinajstić information content (AvgIpc) is 2.46. The minimum absolute atomic E-state index is 0.0478. The Bertz CT molecular complexity index is 585. The Hall–Kier alpha value is -1.54. The van der Waals surface area contributed by atoms with Gasteiger partial charge in [0.2, 0.25) is 0 Å². The first-order valence-corrected chi connectivity index (χ1v) is 8.50. The number of ketones is 2. The van der Waals surface area contributed by atoms with Gasteiger partial charge in [0.05, 0.1) is 14.2 Å². The van der Waals surface area contributed by atoms with Gasteiger partial charge in [0.1, 0.15) is 0 Å². The van der Waals surface area contributed by atoms with Crippen molar-refractivity contribution in [2.45, 2.75) is 34.6 Å². The summed E-state index contributed by atoms with van der Waals surface area (Å²) < 4.78 is 5.12. The number of Topliss-reactive ketones (excluding diaryl/α,β-unsaturated/α-hetero) is 2. The first-order chi connectivity index (χ1) is 10.1. The molecule has 0 aliphatic heterocycles. The summed E-state index contributed by atoms with van der Waals surface area (Å²) in [4.78, 5) is 36.3. The summed E-state index contributed by atoms with van der Waals surface area (Å²) in [5.41, 5.74) is -0.844. The van der Waals surface area contributed by atoms with Gasteiger partial charge in [-0.05, 0) is 27.4 Å². The van der Waals surface area contributed by atoms with E-state index in [1.54, 1.807) is 58.6 Å². The van der Waals surface area contributed by atoms with E-state index in [4.69, 9.17) is 4.52 Å². The van der Waals surface area contributed by atoms with Crippen LogP contribution < -0.4 is 0 Å². The predicted molar refractivity (Wildman–Crippen MR) is 88.7 cm³/mol. The Balaban J connectivity index is 3.13. The number of hydrogen-bond donors (Lipinski definition) is 0. The van der Waals surface area contributed by atoms with Crippen molar-refractivity contribution in [1.29, 1.82) is 0 Å². The normalized spacial score (nSPS) is 12.5. The third-order valence-electron chi connectivity index (χ3n) is 4.39. The van der Waals surface area contributed by atoms with Crippen molar-refractivity contribution < 1.29 is 18.9 Å². The molecule has 120 valence electrons. The lowest BCUT2D eigenvalue weighted by atomic mass is 9.64. The molecule has 0 radical (unpaired) electrons. The highest BCUT2D eigenvalue weighted by Crippen LogP contribution is 2.43. The number of rotatable bonds is 6. The van der Waals surface area contributed by atoms with E-state index in [2.05, 4.69) is 0 Å². The molecule has 0 fully saturated rings. The molecular formula is C17H23O4P. The molecule has 1 rings (SSSR count). The smallest absolute Gasteiger partial charge is 0.314 e. The topological polar surface area (TPSA) is 60.4 Å². The fraction of sp³-hybridized carbons (Fsp3) is 0.471. The van der Waals surface area contributed by atoms with E-state index in [1.165, 1.54) is 6.92 Å². The largest absolute Gasteiger partial charge is 0.448 e. The number of carbonyl (C=O) groups is 3. The second kappa shape index (κ2) is 6.70. The van der Waals surface area contributed by atoms with E-state index in [9.17, 15) is 14.4 Å². The van der Waals surface area contributed by atoms with E-state index in [1.807, 2.05) is 0 Å². The molecule has 0 spiro atoms.